The Kier molecular flexibility index (Phi) is 7.58. The number of benzene rings is 1. The van der Waals surface area contributed by atoms with Crippen LogP contribution < -0.4 is 15.7 Å². The van der Waals surface area contributed by atoms with Crippen molar-refractivity contribution in [2.45, 2.75) is 74.3 Å². The largest absolute Gasteiger partial charge is 0.341 e. The van der Waals surface area contributed by atoms with E-state index < -0.39 is 7.52 Å². The molecule has 1 fully saturated rings. The van der Waals surface area contributed by atoms with E-state index in [4.69, 9.17) is 4.52 Å². The van der Waals surface area contributed by atoms with Crippen molar-refractivity contribution in [3.8, 4) is 0 Å². The molecule has 2 aliphatic heterocycles. The summed E-state index contributed by atoms with van der Waals surface area (Å²) in [5.41, 5.74) is 3.28. The molecule has 0 radical (unpaired) electrons. The molecule has 3 rings (SSSR count). The zero-order valence-corrected chi connectivity index (χ0v) is 23.1. The number of ketones is 1. The fourth-order valence-corrected chi connectivity index (χ4v) is 6.53. The fraction of sp³-hybridized carbons (Fsp3) is 0.593. The zero-order valence-electron chi connectivity index (χ0n) is 22.2. The molecule has 2 atom stereocenters. The smallest absolute Gasteiger partial charge is 0.327 e. The van der Waals surface area contributed by atoms with Crippen molar-refractivity contribution in [1.82, 2.24) is 9.99 Å². The standard InChI is InChI=1S/C27H42N3O3P/c1-10-18(3)19-12-13-22-21(16-19)28-25(29-34(22,32)33-11-2)20-17-30(15-14-26(4,5)6)24(23(20)31)27(7,8)9/h12-13,16,24,28H,3,10-11,14-15,17H2,1-2,4-9H3,(H,29,32). The lowest BCUT2D eigenvalue weighted by atomic mass is 9.83. The topological polar surface area (TPSA) is 70.7 Å². The number of carbonyl (C=O) groups is 1. The van der Waals surface area contributed by atoms with Crippen LogP contribution in [0.25, 0.3) is 5.57 Å². The van der Waals surface area contributed by atoms with E-state index in [1.165, 1.54) is 0 Å². The minimum atomic E-state index is -3.39. The number of nitrogens with one attached hydrogen (secondary N) is 2. The lowest BCUT2D eigenvalue weighted by molar-refractivity contribution is -0.120. The molecule has 1 aromatic rings. The number of allylic oxidation sites excluding steroid dienone is 1. The van der Waals surface area contributed by atoms with Crippen molar-refractivity contribution >= 4 is 29.9 Å². The molecule has 0 spiro atoms. The third-order valence-corrected chi connectivity index (χ3v) is 8.69. The van der Waals surface area contributed by atoms with Crippen molar-refractivity contribution in [1.29, 1.82) is 0 Å². The van der Waals surface area contributed by atoms with Crippen LogP contribution in [0, 0.1) is 10.8 Å². The van der Waals surface area contributed by atoms with E-state index in [-0.39, 0.29) is 22.7 Å². The normalized spacial score (nSPS) is 25.6. The van der Waals surface area contributed by atoms with Crippen LogP contribution >= 0.6 is 7.52 Å². The summed E-state index contributed by atoms with van der Waals surface area (Å²) in [6, 6.07) is 5.50. The van der Waals surface area contributed by atoms with Crippen LogP contribution in [0.3, 0.4) is 0 Å². The summed E-state index contributed by atoms with van der Waals surface area (Å²) >= 11 is 0. The molecule has 6 nitrogen and oxygen atoms in total. The number of hydrogen-bond acceptors (Lipinski definition) is 5. The fourth-order valence-electron chi connectivity index (χ4n) is 4.65. The SMILES string of the molecule is C=C(CC)c1ccc2c(c1)NC(=C1CN(CCC(C)(C)C)C(C(C)(C)C)C1=O)NP2(=O)OCC. The molecule has 2 unspecified atom stereocenters. The van der Waals surface area contributed by atoms with Gasteiger partial charge in [-0.25, -0.2) is 0 Å². The van der Waals surface area contributed by atoms with Crippen molar-refractivity contribution in [3.05, 3.63) is 41.7 Å². The number of anilines is 1. The molecule has 2 N–H and O–H groups in total. The highest BCUT2D eigenvalue weighted by Gasteiger charge is 2.46. The van der Waals surface area contributed by atoms with Gasteiger partial charge < -0.3 is 9.84 Å². The summed E-state index contributed by atoms with van der Waals surface area (Å²) in [6.45, 7) is 22.7. The highest BCUT2D eigenvalue weighted by molar-refractivity contribution is 7.65. The van der Waals surface area contributed by atoms with Gasteiger partial charge in [0.05, 0.1) is 29.2 Å². The summed E-state index contributed by atoms with van der Waals surface area (Å²) in [4.78, 5) is 16.0. The van der Waals surface area contributed by atoms with Gasteiger partial charge in [0.15, 0.2) is 5.78 Å². The third kappa shape index (κ3) is 5.50. The molecule has 1 aromatic carbocycles. The van der Waals surface area contributed by atoms with E-state index >= 15 is 0 Å². The first-order valence-corrected chi connectivity index (χ1v) is 14.0. The molecule has 0 bridgehead atoms. The Bertz CT molecular complexity index is 1050. The van der Waals surface area contributed by atoms with E-state index in [9.17, 15) is 9.36 Å². The molecule has 0 aliphatic carbocycles. The average molecular weight is 488 g/mol. The van der Waals surface area contributed by atoms with E-state index in [0.717, 1.165) is 30.5 Å². The number of fused-ring (bicyclic) bond motifs is 1. The molecule has 0 aromatic heterocycles. The predicted octanol–water partition coefficient (Wildman–Crippen LogP) is 5.93. The van der Waals surface area contributed by atoms with Crippen molar-refractivity contribution in [2.24, 2.45) is 10.8 Å². The molecule has 188 valence electrons. The van der Waals surface area contributed by atoms with Crippen molar-refractivity contribution in [2.75, 3.05) is 25.0 Å². The molecular weight excluding hydrogens is 445 g/mol. The van der Waals surface area contributed by atoms with Gasteiger partial charge in [-0.3, -0.25) is 19.3 Å². The number of carbonyl (C=O) groups excluding carboxylic acids is 1. The average Bonchev–Trinajstić information content (AvgIpc) is 3.07. The maximum absolute atomic E-state index is 13.9. The first-order chi connectivity index (χ1) is 15.7. The summed E-state index contributed by atoms with van der Waals surface area (Å²) < 4.78 is 19.7. The van der Waals surface area contributed by atoms with E-state index in [1.807, 2.05) is 25.1 Å². The molecule has 34 heavy (non-hydrogen) atoms. The van der Waals surface area contributed by atoms with E-state index in [1.54, 1.807) is 0 Å². The van der Waals surface area contributed by atoms with Crippen LogP contribution in [0.4, 0.5) is 5.69 Å². The molecular formula is C27H42N3O3P. The van der Waals surface area contributed by atoms with E-state index in [0.29, 0.717) is 35.5 Å². The summed E-state index contributed by atoms with van der Waals surface area (Å²) in [5, 5.41) is 7.11. The molecule has 0 saturated carbocycles. The Labute approximate surface area is 205 Å². The van der Waals surface area contributed by atoms with Crippen LogP contribution in [0.15, 0.2) is 36.2 Å². The van der Waals surface area contributed by atoms with Gasteiger partial charge in [0.2, 0.25) is 0 Å². The van der Waals surface area contributed by atoms with E-state index in [2.05, 4.69) is 70.3 Å². The minimum absolute atomic E-state index is 0.0806. The first-order valence-electron chi connectivity index (χ1n) is 12.3. The zero-order chi connectivity index (χ0) is 25.5. The number of hydrogen-bond donors (Lipinski definition) is 2. The van der Waals surface area contributed by atoms with Gasteiger partial charge in [-0.1, -0.05) is 61.1 Å². The second kappa shape index (κ2) is 9.64. The van der Waals surface area contributed by atoms with Crippen LogP contribution in [0.1, 0.15) is 73.8 Å². The summed E-state index contributed by atoms with van der Waals surface area (Å²) in [6.07, 6.45) is 1.81. The van der Waals surface area contributed by atoms with Gasteiger partial charge in [-0.05, 0) is 60.4 Å². The quantitative estimate of drug-likeness (QED) is 0.383. The Morgan fingerprint density at radius 1 is 1.21 bits per heavy atom. The maximum atomic E-state index is 13.9. The monoisotopic (exact) mass is 487 g/mol. The number of rotatable bonds is 6. The van der Waals surface area contributed by atoms with Crippen LogP contribution in [0.5, 0.6) is 0 Å². The molecule has 7 heteroatoms. The number of nitrogens with zero attached hydrogens (tertiary/aromatic N) is 1. The Balaban J connectivity index is 2.07. The Hall–Kier alpha value is -1.88. The Morgan fingerprint density at radius 3 is 2.44 bits per heavy atom. The Morgan fingerprint density at radius 2 is 1.88 bits per heavy atom. The maximum Gasteiger partial charge on any atom is 0.327 e. The van der Waals surface area contributed by atoms with Gasteiger partial charge in [0.1, 0.15) is 5.82 Å². The second-order valence-corrected chi connectivity index (χ2v) is 13.7. The lowest BCUT2D eigenvalue weighted by Crippen LogP contribution is -2.44. The van der Waals surface area contributed by atoms with Crippen molar-refractivity contribution in [3.63, 3.8) is 0 Å². The number of likely N-dealkylation sites (tertiary alicyclic amines) is 1. The van der Waals surface area contributed by atoms with Gasteiger partial charge in [-0.2, -0.15) is 0 Å². The number of Topliss-reactive ketones (excluding diaryl/α,β-unsaturated/α-hetero) is 1. The first kappa shape index (κ1) is 26.7. The lowest BCUT2D eigenvalue weighted by Gasteiger charge is -2.34. The van der Waals surface area contributed by atoms with Crippen LogP contribution in [0.2, 0.25) is 0 Å². The highest BCUT2D eigenvalue weighted by atomic mass is 31.2. The molecule has 2 heterocycles. The second-order valence-electron chi connectivity index (χ2n) is 11.7. The third-order valence-electron chi connectivity index (χ3n) is 6.52. The van der Waals surface area contributed by atoms with Crippen molar-refractivity contribution < 1.29 is 13.9 Å². The summed E-state index contributed by atoms with van der Waals surface area (Å²) in [5.74, 6) is 0.582. The van der Waals surface area contributed by atoms with Gasteiger partial charge in [-0.15, -0.1) is 0 Å². The molecule has 0 amide bonds. The van der Waals surface area contributed by atoms with Gasteiger partial charge in [0.25, 0.3) is 0 Å². The summed E-state index contributed by atoms with van der Waals surface area (Å²) in [7, 11) is -3.39. The van der Waals surface area contributed by atoms with Crippen LogP contribution in [-0.2, 0) is 13.9 Å². The van der Waals surface area contributed by atoms with Gasteiger partial charge >= 0.3 is 7.52 Å². The van der Waals surface area contributed by atoms with Gasteiger partial charge in [0, 0.05) is 6.54 Å². The molecule has 2 aliphatic rings. The highest BCUT2D eigenvalue weighted by Crippen LogP contribution is 2.49. The van der Waals surface area contributed by atoms with Crippen LogP contribution in [-0.4, -0.2) is 36.4 Å². The molecule has 1 saturated heterocycles. The minimum Gasteiger partial charge on any atom is -0.341 e. The predicted molar refractivity (Wildman–Crippen MR) is 142 cm³/mol.